The molecular formula is C19H13BrFN3O2S. The number of fused-ring (bicyclic) bond motifs is 1. The van der Waals surface area contributed by atoms with E-state index < -0.39 is 5.82 Å². The summed E-state index contributed by atoms with van der Waals surface area (Å²) in [5.74, 6) is -0.653. The third-order valence-corrected chi connectivity index (χ3v) is 6.11. The van der Waals surface area contributed by atoms with Gasteiger partial charge in [-0.05, 0) is 51.0 Å². The van der Waals surface area contributed by atoms with Crippen LogP contribution in [0.25, 0.3) is 11.6 Å². The molecule has 0 fully saturated rings. The van der Waals surface area contributed by atoms with Gasteiger partial charge in [0, 0.05) is 30.1 Å². The molecule has 27 heavy (non-hydrogen) atoms. The number of aromatic hydroxyl groups is 1. The van der Waals surface area contributed by atoms with Gasteiger partial charge in [-0.2, -0.15) is 0 Å². The lowest BCUT2D eigenvalue weighted by molar-refractivity contribution is 0.428. The molecule has 0 unspecified atom stereocenters. The summed E-state index contributed by atoms with van der Waals surface area (Å²) in [6.07, 6.45) is 3.20. The van der Waals surface area contributed by atoms with E-state index in [4.69, 9.17) is 5.73 Å². The van der Waals surface area contributed by atoms with Crippen molar-refractivity contribution in [3.8, 4) is 5.88 Å². The lowest BCUT2D eigenvalue weighted by atomic mass is 9.98. The third-order valence-electron chi connectivity index (χ3n) is 4.34. The number of nitrogen functional groups attached to an aromatic ring is 1. The number of nitrogens with zero attached hydrogens (tertiary/aromatic N) is 2. The van der Waals surface area contributed by atoms with Crippen molar-refractivity contribution in [3.63, 3.8) is 0 Å². The Hall–Kier alpha value is -2.71. The quantitative estimate of drug-likeness (QED) is 0.594. The second kappa shape index (κ2) is 6.47. The third kappa shape index (κ3) is 2.90. The largest absolute Gasteiger partial charge is 0.493 e. The van der Waals surface area contributed by atoms with E-state index in [0.717, 1.165) is 27.0 Å². The molecule has 1 aromatic heterocycles. The highest BCUT2D eigenvalue weighted by atomic mass is 79.9. The fraction of sp³-hybridized carbons (Fsp3) is 0.0526. The summed E-state index contributed by atoms with van der Waals surface area (Å²) in [6.45, 7) is 0. The van der Waals surface area contributed by atoms with Crippen molar-refractivity contribution in [2.75, 3.05) is 5.73 Å². The molecule has 0 saturated heterocycles. The van der Waals surface area contributed by atoms with Gasteiger partial charge in [-0.1, -0.05) is 23.5 Å². The van der Waals surface area contributed by atoms with Gasteiger partial charge < -0.3 is 10.8 Å². The van der Waals surface area contributed by atoms with E-state index in [-0.39, 0.29) is 20.6 Å². The molecule has 136 valence electrons. The molecule has 5 nitrogen and oxygen atoms in total. The van der Waals surface area contributed by atoms with Crippen LogP contribution < -0.4 is 21.2 Å². The van der Waals surface area contributed by atoms with E-state index in [0.29, 0.717) is 21.3 Å². The summed E-state index contributed by atoms with van der Waals surface area (Å²) in [5.41, 5.74) is 8.65. The fourth-order valence-electron chi connectivity index (χ4n) is 2.86. The molecule has 4 rings (SSSR count). The van der Waals surface area contributed by atoms with Crippen LogP contribution in [-0.4, -0.2) is 9.67 Å². The predicted octanol–water partition coefficient (Wildman–Crippen LogP) is 2.49. The number of aromatic nitrogens is 1. The van der Waals surface area contributed by atoms with Crippen LogP contribution in [0.3, 0.4) is 0 Å². The van der Waals surface area contributed by atoms with Gasteiger partial charge in [0.25, 0.3) is 0 Å². The predicted molar refractivity (Wildman–Crippen MR) is 108 cm³/mol. The van der Waals surface area contributed by atoms with Crippen molar-refractivity contribution in [3.05, 3.63) is 83.1 Å². The van der Waals surface area contributed by atoms with Crippen LogP contribution in [0.1, 0.15) is 16.0 Å². The zero-order valence-electron chi connectivity index (χ0n) is 14.0. The normalized spacial score (nSPS) is 13.4. The summed E-state index contributed by atoms with van der Waals surface area (Å²) in [7, 11) is 1.48. The zero-order valence-corrected chi connectivity index (χ0v) is 16.4. The highest BCUT2D eigenvalue weighted by molar-refractivity contribution is 9.10. The fourth-order valence-corrected chi connectivity index (χ4v) is 4.10. The summed E-state index contributed by atoms with van der Waals surface area (Å²) < 4.78 is 16.2. The number of rotatable bonds is 2. The number of benzene rings is 2. The smallest absolute Gasteiger partial charge is 0.310 e. The van der Waals surface area contributed by atoms with E-state index in [9.17, 15) is 14.3 Å². The molecule has 2 aromatic carbocycles. The Morgan fingerprint density at radius 2 is 2.04 bits per heavy atom. The lowest BCUT2D eigenvalue weighted by Crippen LogP contribution is -2.20. The molecule has 1 aliphatic heterocycles. The van der Waals surface area contributed by atoms with E-state index in [1.165, 1.54) is 7.05 Å². The van der Waals surface area contributed by atoms with Gasteiger partial charge in [-0.25, -0.2) is 4.39 Å². The number of nitrogens with two attached hydrogens (primary N) is 1. The van der Waals surface area contributed by atoms with Gasteiger partial charge in [-0.3, -0.25) is 14.4 Å². The monoisotopic (exact) mass is 445 g/mol. The van der Waals surface area contributed by atoms with Crippen molar-refractivity contribution < 1.29 is 9.50 Å². The minimum absolute atomic E-state index is 0.156. The van der Waals surface area contributed by atoms with E-state index >= 15 is 0 Å². The molecule has 8 heteroatoms. The van der Waals surface area contributed by atoms with Crippen LogP contribution in [0.2, 0.25) is 0 Å². The first kappa shape index (κ1) is 17.7. The number of anilines is 1. The Balaban J connectivity index is 1.92. The van der Waals surface area contributed by atoms with E-state index in [1.807, 2.05) is 12.1 Å². The molecule has 1 aliphatic rings. The van der Waals surface area contributed by atoms with Gasteiger partial charge in [-0.15, -0.1) is 0 Å². The molecule has 0 bridgehead atoms. The van der Waals surface area contributed by atoms with E-state index in [2.05, 4.69) is 20.9 Å². The Morgan fingerprint density at radius 1 is 1.33 bits per heavy atom. The van der Waals surface area contributed by atoms with Crippen LogP contribution in [0.5, 0.6) is 5.88 Å². The van der Waals surface area contributed by atoms with Crippen LogP contribution in [0.15, 0.2) is 50.8 Å². The molecular weight excluding hydrogens is 433 g/mol. The number of hydrogen-bond donors (Lipinski definition) is 2. The summed E-state index contributed by atoms with van der Waals surface area (Å²) in [6, 6.07) is 9.03. The summed E-state index contributed by atoms with van der Waals surface area (Å²) in [5, 5.41) is 10.8. The van der Waals surface area contributed by atoms with Gasteiger partial charge in [0.15, 0.2) is 5.82 Å². The van der Waals surface area contributed by atoms with E-state index in [1.54, 1.807) is 30.5 Å². The maximum atomic E-state index is 14.9. The van der Waals surface area contributed by atoms with Crippen molar-refractivity contribution in [2.24, 2.45) is 12.0 Å². The molecule has 0 saturated carbocycles. The molecule has 0 spiro atoms. The van der Waals surface area contributed by atoms with Gasteiger partial charge in [0.1, 0.15) is 5.36 Å². The van der Waals surface area contributed by atoms with Gasteiger partial charge in [0.05, 0.1) is 9.35 Å². The molecule has 0 aliphatic carbocycles. The molecule has 0 radical (unpaired) electrons. The topological polar surface area (TPSA) is 80.6 Å². The van der Waals surface area contributed by atoms with Crippen molar-refractivity contribution in [2.45, 2.75) is 0 Å². The standard InChI is InChI=1S/C19H13BrFN3O2S/c1-24-18(25)14(27-19(24)26)7-10-6-12-13(9-2-4-11(22)5-3-9)8-23-17(12)16(21)15(10)20/h2-8,25H,22H2,1H3. The molecule has 0 amide bonds. The summed E-state index contributed by atoms with van der Waals surface area (Å²) in [4.78, 5) is 16.0. The minimum Gasteiger partial charge on any atom is -0.493 e. The second-order valence-corrected chi connectivity index (χ2v) is 7.83. The first-order valence-corrected chi connectivity index (χ1v) is 9.50. The molecule has 3 aromatic rings. The Kier molecular flexibility index (Phi) is 4.24. The summed E-state index contributed by atoms with van der Waals surface area (Å²) >= 11 is 4.15. The van der Waals surface area contributed by atoms with Crippen LogP contribution >= 0.6 is 27.3 Å². The van der Waals surface area contributed by atoms with Crippen molar-refractivity contribution in [1.29, 1.82) is 0 Å². The number of thiazole rings is 1. The van der Waals surface area contributed by atoms with Crippen LogP contribution in [-0.2, 0) is 7.05 Å². The van der Waals surface area contributed by atoms with Crippen LogP contribution in [0.4, 0.5) is 10.1 Å². The lowest BCUT2D eigenvalue weighted by Gasteiger charge is -2.06. The average Bonchev–Trinajstić information content (AvgIpc) is 3.17. The van der Waals surface area contributed by atoms with Crippen LogP contribution in [0, 0.1) is 5.82 Å². The minimum atomic E-state index is -0.497. The average molecular weight is 446 g/mol. The van der Waals surface area contributed by atoms with Crippen molar-refractivity contribution >= 4 is 44.6 Å². The maximum Gasteiger partial charge on any atom is 0.310 e. The van der Waals surface area contributed by atoms with Gasteiger partial charge >= 0.3 is 4.87 Å². The maximum absolute atomic E-state index is 14.9. The van der Waals surface area contributed by atoms with Gasteiger partial charge in [0.2, 0.25) is 5.88 Å². The second-order valence-electron chi connectivity index (χ2n) is 6.04. The Labute approximate surface area is 165 Å². The molecule has 0 atom stereocenters. The first-order chi connectivity index (χ1) is 12.9. The Bertz CT molecular complexity index is 1290. The number of halogens is 2. The Morgan fingerprint density at radius 3 is 2.67 bits per heavy atom. The number of hydrogen-bond acceptors (Lipinski definition) is 5. The zero-order chi connectivity index (χ0) is 19.3. The SMILES string of the molecule is Cn1c(O)c(C=c2cc3c(c(F)c2Br)=NC=C3c2ccc(N)cc2)sc1=O. The highest BCUT2D eigenvalue weighted by Crippen LogP contribution is 2.26. The molecule has 3 N–H and O–H groups in total. The molecule has 2 heterocycles. The highest BCUT2D eigenvalue weighted by Gasteiger charge is 2.18. The van der Waals surface area contributed by atoms with Crippen molar-refractivity contribution in [1.82, 2.24) is 4.57 Å². The first-order valence-electron chi connectivity index (χ1n) is 7.89.